The summed E-state index contributed by atoms with van der Waals surface area (Å²) in [5, 5.41) is 10.1. The smallest absolute Gasteiger partial charge is 0.333 e. The highest BCUT2D eigenvalue weighted by Gasteiger charge is 2.36. The Labute approximate surface area is 145 Å². The molecule has 1 aromatic carbocycles. The zero-order valence-corrected chi connectivity index (χ0v) is 14.9. The quantitative estimate of drug-likeness (QED) is 0.855. The first kappa shape index (κ1) is 18.5. The number of carbonyl (C=O) groups excluding carboxylic acids is 1. The van der Waals surface area contributed by atoms with Crippen LogP contribution in [0.5, 0.6) is 0 Å². The molecule has 8 heteroatoms. The van der Waals surface area contributed by atoms with Gasteiger partial charge in [-0.05, 0) is 24.6 Å². The second-order valence-electron chi connectivity index (χ2n) is 5.79. The van der Waals surface area contributed by atoms with Gasteiger partial charge in [-0.25, -0.2) is 13.2 Å². The second kappa shape index (κ2) is 6.94. The first-order valence-corrected chi connectivity index (χ1v) is 9.71. The fraction of sp³-hybridized carbons (Fsp3) is 0.375. The van der Waals surface area contributed by atoms with Gasteiger partial charge in [0, 0.05) is 35.9 Å². The van der Waals surface area contributed by atoms with Gasteiger partial charge in [0.15, 0.2) is 0 Å². The molecule has 1 heterocycles. The van der Waals surface area contributed by atoms with E-state index in [9.17, 15) is 23.1 Å². The molecule has 1 amide bonds. The van der Waals surface area contributed by atoms with E-state index in [0.29, 0.717) is 10.6 Å². The SMILES string of the molecule is CC1=C(C(=O)O)C(c2ccc(Cl)cc2)CC(=O)N1CCS(C)(=O)=O. The summed E-state index contributed by atoms with van der Waals surface area (Å²) < 4.78 is 22.7. The van der Waals surface area contributed by atoms with Crippen molar-refractivity contribution in [1.29, 1.82) is 0 Å². The molecule has 1 aliphatic heterocycles. The average Bonchev–Trinajstić information content (AvgIpc) is 2.45. The number of halogens is 1. The number of carbonyl (C=O) groups is 2. The Kier molecular flexibility index (Phi) is 5.35. The lowest BCUT2D eigenvalue weighted by atomic mass is 9.84. The Hall–Kier alpha value is -1.86. The lowest BCUT2D eigenvalue weighted by Gasteiger charge is -2.33. The minimum atomic E-state index is -3.26. The summed E-state index contributed by atoms with van der Waals surface area (Å²) in [6.45, 7) is 1.49. The molecule has 0 fully saturated rings. The number of sulfone groups is 1. The maximum absolute atomic E-state index is 12.4. The van der Waals surface area contributed by atoms with Crippen LogP contribution in [0.2, 0.25) is 5.02 Å². The third kappa shape index (κ3) is 4.15. The summed E-state index contributed by atoms with van der Waals surface area (Å²) >= 11 is 5.85. The Balaban J connectivity index is 2.42. The van der Waals surface area contributed by atoms with E-state index in [4.69, 9.17) is 11.6 Å². The van der Waals surface area contributed by atoms with Gasteiger partial charge in [-0.1, -0.05) is 23.7 Å². The van der Waals surface area contributed by atoms with Crippen LogP contribution in [0.3, 0.4) is 0 Å². The maximum atomic E-state index is 12.4. The Morgan fingerprint density at radius 3 is 2.42 bits per heavy atom. The van der Waals surface area contributed by atoms with Crippen molar-refractivity contribution in [3.63, 3.8) is 0 Å². The number of nitrogens with zero attached hydrogens (tertiary/aromatic N) is 1. The number of aliphatic carboxylic acids is 1. The second-order valence-corrected chi connectivity index (χ2v) is 8.48. The highest BCUT2D eigenvalue weighted by molar-refractivity contribution is 7.90. The summed E-state index contributed by atoms with van der Waals surface area (Å²) in [6, 6.07) is 6.68. The molecule has 1 N–H and O–H groups in total. The van der Waals surface area contributed by atoms with Crippen LogP contribution in [0.15, 0.2) is 35.5 Å². The summed E-state index contributed by atoms with van der Waals surface area (Å²) in [4.78, 5) is 25.4. The Morgan fingerprint density at radius 2 is 1.92 bits per heavy atom. The molecular weight excluding hydrogens is 354 g/mol. The highest BCUT2D eigenvalue weighted by Crippen LogP contribution is 2.36. The molecule has 24 heavy (non-hydrogen) atoms. The number of hydrogen-bond donors (Lipinski definition) is 1. The number of benzene rings is 1. The van der Waals surface area contributed by atoms with Crippen molar-refractivity contribution in [2.24, 2.45) is 0 Å². The van der Waals surface area contributed by atoms with Gasteiger partial charge in [-0.3, -0.25) is 4.79 Å². The highest BCUT2D eigenvalue weighted by atomic mass is 35.5. The van der Waals surface area contributed by atoms with Gasteiger partial charge in [-0.15, -0.1) is 0 Å². The van der Waals surface area contributed by atoms with Gasteiger partial charge in [0.25, 0.3) is 0 Å². The number of carboxylic acid groups (broad SMARTS) is 1. The topological polar surface area (TPSA) is 91.8 Å². The van der Waals surface area contributed by atoms with Gasteiger partial charge < -0.3 is 10.0 Å². The standard InChI is InChI=1S/C16H18ClNO5S/c1-10-15(16(20)21)13(11-3-5-12(17)6-4-11)9-14(19)18(10)7-8-24(2,22)23/h3-6,13H,7-9H2,1-2H3,(H,20,21). The normalized spacial score (nSPS) is 18.9. The van der Waals surface area contributed by atoms with Gasteiger partial charge >= 0.3 is 5.97 Å². The minimum Gasteiger partial charge on any atom is -0.478 e. The van der Waals surface area contributed by atoms with Crippen LogP contribution in [0.4, 0.5) is 0 Å². The van der Waals surface area contributed by atoms with Crippen molar-refractivity contribution in [1.82, 2.24) is 4.90 Å². The van der Waals surface area contributed by atoms with E-state index in [0.717, 1.165) is 6.26 Å². The molecule has 1 atom stereocenters. The minimum absolute atomic E-state index is 0.0234. The fourth-order valence-corrected chi connectivity index (χ4v) is 3.44. The van der Waals surface area contributed by atoms with E-state index in [1.165, 1.54) is 11.8 Å². The molecule has 0 radical (unpaired) electrons. The molecule has 0 aromatic heterocycles. The van der Waals surface area contributed by atoms with Crippen molar-refractivity contribution in [2.45, 2.75) is 19.3 Å². The fourth-order valence-electron chi connectivity index (χ4n) is 2.80. The van der Waals surface area contributed by atoms with Crippen molar-refractivity contribution in [3.8, 4) is 0 Å². The predicted octanol–water partition coefficient (Wildman–Crippen LogP) is 2.06. The van der Waals surface area contributed by atoms with Crippen LogP contribution < -0.4 is 0 Å². The number of allylic oxidation sites excluding steroid dienone is 1. The van der Waals surface area contributed by atoms with Crippen LogP contribution in [-0.4, -0.2) is 48.9 Å². The number of carboxylic acids is 1. The van der Waals surface area contributed by atoms with E-state index in [1.807, 2.05) is 0 Å². The molecule has 1 unspecified atom stereocenters. The molecule has 1 aromatic rings. The molecule has 0 bridgehead atoms. The van der Waals surface area contributed by atoms with Crippen molar-refractivity contribution >= 4 is 33.3 Å². The van der Waals surface area contributed by atoms with Gasteiger partial charge in [0.05, 0.1) is 11.3 Å². The molecule has 0 saturated carbocycles. The van der Waals surface area contributed by atoms with E-state index in [2.05, 4.69) is 0 Å². The lowest BCUT2D eigenvalue weighted by Crippen LogP contribution is -2.40. The van der Waals surface area contributed by atoms with E-state index < -0.39 is 21.7 Å². The number of rotatable bonds is 5. The largest absolute Gasteiger partial charge is 0.478 e. The molecule has 130 valence electrons. The van der Waals surface area contributed by atoms with Crippen molar-refractivity contribution in [2.75, 3.05) is 18.6 Å². The maximum Gasteiger partial charge on any atom is 0.333 e. The molecular formula is C16H18ClNO5S. The van der Waals surface area contributed by atoms with Crippen LogP contribution in [0.25, 0.3) is 0 Å². The van der Waals surface area contributed by atoms with Crippen LogP contribution in [0, 0.1) is 0 Å². The summed E-state index contributed by atoms with van der Waals surface area (Å²) in [5.41, 5.74) is 1.07. The Bertz CT molecular complexity index is 798. The summed E-state index contributed by atoms with van der Waals surface area (Å²) in [6.07, 6.45) is 1.06. The predicted molar refractivity (Wildman–Crippen MR) is 90.6 cm³/mol. The van der Waals surface area contributed by atoms with Gasteiger partial charge in [-0.2, -0.15) is 0 Å². The molecule has 0 aliphatic carbocycles. The molecule has 1 aliphatic rings. The average molecular weight is 372 g/mol. The molecule has 0 saturated heterocycles. The van der Waals surface area contributed by atoms with Crippen LogP contribution >= 0.6 is 11.6 Å². The number of hydrogen-bond acceptors (Lipinski definition) is 4. The van der Waals surface area contributed by atoms with E-state index in [-0.39, 0.29) is 35.9 Å². The van der Waals surface area contributed by atoms with Crippen LogP contribution in [-0.2, 0) is 19.4 Å². The number of amides is 1. The zero-order chi connectivity index (χ0) is 18.1. The van der Waals surface area contributed by atoms with Gasteiger partial charge in [0.1, 0.15) is 9.84 Å². The zero-order valence-electron chi connectivity index (χ0n) is 13.3. The van der Waals surface area contributed by atoms with Crippen molar-refractivity contribution in [3.05, 3.63) is 46.1 Å². The first-order valence-electron chi connectivity index (χ1n) is 7.28. The third-order valence-electron chi connectivity index (χ3n) is 4.01. The van der Waals surface area contributed by atoms with E-state index in [1.54, 1.807) is 24.3 Å². The lowest BCUT2D eigenvalue weighted by molar-refractivity contribution is -0.134. The van der Waals surface area contributed by atoms with Crippen LogP contribution in [0.1, 0.15) is 24.8 Å². The van der Waals surface area contributed by atoms with E-state index >= 15 is 0 Å². The molecule has 0 spiro atoms. The molecule has 6 nitrogen and oxygen atoms in total. The monoisotopic (exact) mass is 371 g/mol. The van der Waals surface area contributed by atoms with Crippen molar-refractivity contribution < 1.29 is 23.1 Å². The summed E-state index contributed by atoms with van der Waals surface area (Å²) in [7, 11) is -3.26. The molecule has 2 rings (SSSR count). The Morgan fingerprint density at radius 1 is 1.33 bits per heavy atom. The summed E-state index contributed by atoms with van der Waals surface area (Å²) in [5.74, 6) is -2.21. The third-order valence-corrected chi connectivity index (χ3v) is 5.19. The first-order chi connectivity index (χ1) is 11.1. The van der Waals surface area contributed by atoms with Gasteiger partial charge in [0.2, 0.25) is 5.91 Å².